The van der Waals surface area contributed by atoms with Crippen LogP contribution in [0.5, 0.6) is 0 Å². The van der Waals surface area contributed by atoms with Gasteiger partial charge in [-0.25, -0.2) is 4.57 Å². The highest BCUT2D eigenvalue weighted by Gasteiger charge is 2.17. The highest BCUT2D eigenvalue weighted by molar-refractivity contribution is 7.80. The molecule has 0 spiro atoms. The lowest BCUT2D eigenvalue weighted by molar-refractivity contribution is -0.160. The lowest BCUT2D eigenvalue weighted by Gasteiger charge is -2.16. The van der Waals surface area contributed by atoms with Gasteiger partial charge in [0.05, 0.1) is 0 Å². The Hall–Kier alpha value is -0.650. The van der Waals surface area contributed by atoms with Crippen LogP contribution in [0.2, 0.25) is 0 Å². The van der Waals surface area contributed by atoms with Gasteiger partial charge in [0.2, 0.25) is 0 Å². The van der Waals surface area contributed by atoms with E-state index >= 15 is 0 Å². The third-order valence-corrected chi connectivity index (χ3v) is 6.64. The maximum absolute atomic E-state index is 12.2. The van der Waals surface area contributed by atoms with Crippen LogP contribution in [0.4, 0.5) is 0 Å². The Bertz CT molecular complexity index is 506. The Balaban J connectivity index is 3.83. The van der Waals surface area contributed by atoms with E-state index < -0.39 is 14.8 Å². The molecule has 0 bridgehead atoms. The fraction of sp³-hybridized carbons (Fsp3) is 0.926. The molecular weight excluding hydrogens is 483 g/mol. The van der Waals surface area contributed by atoms with E-state index in [-0.39, 0.29) is 25.2 Å². The Kier molecular flexibility index (Phi) is 27.4. The van der Waals surface area contributed by atoms with Gasteiger partial charge in [-0.05, 0) is 25.0 Å². The SMILES string of the molecule is CCCCCCCCCCCCCC(=O)O[C@@H](COP=O)COC(=O)CCCCCCCCCS. The highest BCUT2D eigenvalue weighted by atomic mass is 32.1. The van der Waals surface area contributed by atoms with Crippen molar-refractivity contribution in [3.8, 4) is 0 Å². The van der Waals surface area contributed by atoms with E-state index in [2.05, 4.69) is 19.6 Å². The van der Waals surface area contributed by atoms with E-state index in [9.17, 15) is 14.2 Å². The summed E-state index contributed by atoms with van der Waals surface area (Å²) in [5.74, 6) is 0.318. The Morgan fingerprint density at radius 1 is 0.657 bits per heavy atom. The zero-order valence-corrected chi connectivity index (χ0v) is 24.0. The maximum Gasteiger partial charge on any atom is 0.327 e. The summed E-state index contributed by atoms with van der Waals surface area (Å²) in [6.45, 7) is 2.11. The lowest BCUT2D eigenvalue weighted by Crippen LogP contribution is -2.28. The first-order valence-electron chi connectivity index (χ1n) is 14.0. The van der Waals surface area contributed by atoms with Crippen LogP contribution in [0.1, 0.15) is 135 Å². The molecule has 0 aromatic heterocycles. The van der Waals surface area contributed by atoms with Crippen molar-refractivity contribution >= 4 is 33.3 Å². The van der Waals surface area contributed by atoms with Gasteiger partial charge < -0.3 is 9.47 Å². The number of unbranched alkanes of at least 4 members (excludes halogenated alkanes) is 16. The zero-order chi connectivity index (χ0) is 25.8. The van der Waals surface area contributed by atoms with Crippen molar-refractivity contribution in [3.63, 3.8) is 0 Å². The zero-order valence-electron chi connectivity index (χ0n) is 22.2. The molecule has 6 nitrogen and oxygen atoms in total. The van der Waals surface area contributed by atoms with Crippen LogP contribution < -0.4 is 0 Å². The molecule has 0 rings (SSSR count). The van der Waals surface area contributed by atoms with E-state index in [4.69, 9.17) is 14.0 Å². The molecule has 0 unspecified atom stereocenters. The summed E-state index contributed by atoms with van der Waals surface area (Å²) in [5.41, 5.74) is 0. The minimum Gasteiger partial charge on any atom is -0.462 e. The first-order valence-corrected chi connectivity index (χ1v) is 15.4. The molecule has 0 fully saturated rings. The van der Waals surface area contributed by atoms with Gasteiger partial charge in [0.1, 0.15) is 13.2 Å². The second kappa shape index (κ2) is 27.9. The summed E-state index contributed by atoms with van der Waals surface area (Å²) in [6.07, 6.45) is 21.1. The smallest absolute Gasteiger partial charge is 0.327 e. The monoisotopic (exact) mass is 534 g/mol. The highest BCUT2D eigenvalue weighted by Crippen LogP contribution is 2.13. The average Bonchev–Trinajstić information content (AvgIpc) is 2.85. The molecule has 0 heterocycles. The second-order valence-electron chi connectivity index (χ2n) is 9.40. The summed E-state index contributed by atoms with van der Waals surface area (Å²) in [6, 6.07) is 0. The van der Waals surface area contributed by atoms with Gasteiger partial charge in [-0.15, -0.1) is 0 Å². The normalized spacial score (nSPS) is 12.1. The molecule has 0 saturated carbocycles. The predicted octanol–water partition coefficient (Wildman–Crippen LogP) is 8.42. The van der Waals surface area contributed by atoms with Gasteiger partial charge in [-0.2, -0.15) is 12.6 Å². The molecule has 206 valence electrons. The number of carbonyl (C=O) groups is 2. The van der Waals surface area contributed by atoms with Crippen LogP contribution in [0, 0.1) is 0 Å². The second-order valence-corrected chi connectivity index (χ2v) is 10.3. The van der Waals surface area contributed by atoms with Gasteiger partial charge in [0.25, 0.3) is 0 Å². The summed E-state index contributed by atoms with van der Waals surface area (Å²) < 4.78 is 26.1. The number of ether oxygens (including phenoxy) is 2. The number of carbonyl (C=O) groups excluding carboxylic acids is 2. The number of hydrogen-bond donors (Lipinski definition) is 1. The summed E-state index contributed by atoms with van der Waals surface area (Å²) >= 11 is 4.21. The largest absolute Gasteiger partial charge is 0.462 e. The molecule has 8 heteroatoms. The van der Waals surface area contributed by atoms with Gasteiger partial charge in [0.15, 0.2) is 6.10 Å². The fourth-order valence-electron chi connectivity index (χ4n) is 3.93. The van der Waals surface area contributed by atoms with Crippen LogP contribution in [0.3, 0.4) is 0 Å². The van der Waals surface area contributed by atoms with E-state index in [0.717, 1.165) is 50.7 Å². The van der Waals surface area contributed by atoms with Crippen molar-refractivity contribution in [2.75, 3.05) is 19.0 Å². The van der Waals surface area contributed by atoms with Crippen molar-refractivity contribution in [1.82, 2.24) is 0 Å². The van der Waals surface area contributed by atoms with Crippen LogP contribution in [-0.2, 0) is 28.2 Å². The van der Waals surface area contributed by atoms with E-state index in [1.807, 2.05) is 0 Å². The summed E-state index contributed by atoms with van der Waals surface area (Å²) in [4.78, 5) is 24.1. The Morgan fingerprint density at radius 2 is 1.11 bits per heavy atom. The molecule has 0 aliphatic heterocycles. The standard InChI is InChI=1S/C27H51O6PS/c1-2-3-4-5-6-7-8-9-11-15-18-21-27(29)33-25(24-32-34-30)23-31-26(28)20-17-14-12-10-13-16-19-22-35/h25,35H,2-24H2,1H3/t25-/m1/s1. The van der Waals surface area contributed by atoms with E-state index in [1.165, 1.54) is 70.6 Å². The molecule has 0 aliphatic rings. The molecule has 0 aliphatic carbocycles. The van der Waals surface area contributed by atoms with Crippen LogP contribution >= 0.6 is 21.3 Å². The van der Waals surface area contributed by atoms with Crippen molar-refractivity contribution < 1.29 is 28.2 Å². The van der Waals surface area contributed by atoms with Crippen LogP contribution in [-0.4, -0.2) is 37.0 Å². The Morgan fingerprint density at radius 3 is 1.60 bits per heavy atom. The van der Waals surface area contributed by atoms with E-state index in [0.29, 0.717) is 12.8 Å². The van der Waals surface area contributed by atoms with Crippen LogP contribution in [0.25, 0.3) is 0 Å². The van der Waals surface area contributed by atoms with Gasteiger partial charge in [-0.1, -0.05) is 103 Å². The molecular formula is C27H51O6PS. The van der Waals surface area contributed by atoms with E-state index in [1.54, 1.807) is 0 Å². The van der Waals surface area contributed by atoms with Crippen molar-refractivity contribution in [1.29, 1.82) is 0 Å². The van der Waals surface area contributed by atoms with Gasteiger partial charge >= 0.3 is 20.6 Å². The predicted molar refractivity (Wildman–Crippen MR) is 146 cm³/mol. The molecule has 35 heavy (non-hydrogen) atoms. The molecule has 1 atom stereocenters. The fourth-order valence-corrected chi connectivity index (χ4v) is 4.38. The summed E-state index contributed by atoms with van der Waals surface area (Å²) in [5, 5.41) is 0. The minimum absolute atomic E-state index is 0.0609. The lowest BCUT2D eigenvalue weighted by atomic mass is 10.1. The number of thiol groups is 1. The van der Waals surface area contributed by atoms with Gasteiger partial charge in [0, 0.05) is 12.8 Å². The van der Waals surface area contributed by atoms with Gasteiger partial charge in [-0.3, -0.25) is 14.1 Å². The number of rotatable bonds is 27. The average molecular weight is 535 g/mol. The topological polar surface area (TPSA) is 78.9 Å². The minimum atomic E-state index is -0.729. The number of esters is 2. The molecule has 0 aromatic carbocycles. The van der Waals surface area contributed by atoms with Crippen molar-refractivity contribution in [2.45, 2.75) is 141 Å². The quantitative estimate of drug-likeness (QED) is 0.0493. The first-order chi connectivity index (χ1) is 17.1. The molecule has 0 radical (unpaired) electrons. The maximum atomic E-state index is 12.2. The molecule has 0 amide bonds. The third-order valence-electron chi connectivity index (χ3n) is 6.06. The third kappa shape index (κ3) is 26.2. The molecule has 0 aromatic rings. The Labute approximate surface area is 221 Å². The van der Waals surface area contributed by atoms with Crippen LogP contribution in [0.15, 0.2) is 0 Å². The molecule has 0 N–H and O–H groups in total. The number of hydrogen-bond acceptors (Lipinski definition) is 7. The first kappa shape index (κ1) is 34.4. The van der Waals surface area contributed by atoms with Crippen molar-refractivity contribution in [3.05, 3.63) is 0 Å². The summed E-state index contributed by atoms with van der Waals surface area (Å²) in [7, 11) is -0.487. The molecule has 0 saturated heterocycles. The van der Waals surface area contributed by atoms with Crippen molar-refractivity contribution in [2.24, 2.45) is 0 Å².